The summed E-state index contributed by atoms with van der Waals surface area (Å²) in [5.41, 5.74) is 2.31. The average molecular weight is 441 g/mol. The molecule has 1 saturated heterocycles. The number of anilines is 1. The van der Waals surface area contributed by atoms with Crippen LogP contribution in [0, 0.1) is 6.92 Å². The van der Waals surface area contributed by atoms with E-state index in [0.717, 1.165) is 30.2 Å². The first-order valence-electron chi connectivity index (χ1n) is 9.91. The third kappa shape index (κ3) is 5.38. The van der Waals surface area contributed by atoms with Gasteiger partial charge in [0.1, 0.15) is 12.2 Å². The fourth-order valence-electron chi connectivity index (χ4n) is 3.37. The number of hydrogen-bond acceptors (Lipinski definition) is 6. The van der Waals surface area contributed by atoms with Crippen LogP contribution in [0.15, 0.2) is 53.3 Å². The van der Waals surface area contributed by atoms with Gasteiger partial charge in [0.05, 0.1) is 4.88 Å². The Labute approximate surface area is 183 Å². The van der Waals surface area contributed by atoms with Crippen LogP contribution in [0.3, 0.4) is 0 Å². The highest BCUT2D eigenvalue weighted by molar-refractivity contribution is 7.99. The third-order valence-electron chi connectivity index (χ3n) is 4.87. The molecule has 0 aliphatic carbocycles. The van der Waals surface area contributed by atoms with Gasteiger partial charge in [-0.05, 0) is 42.8 Å². The van der Waals surface area contributed by atoms with Crippen molar-refractivity contribution in [3.63, 3.8) is 0 Å². The lowest BCUT2D eigenvalue weighted by molar-refractivity contribution is -0.117. The molecule has 6 nitrogen and oxygen atoms in total. The van der Waals surface area contributed by atoms with Crippen LogP contribution in [0.1, 0.15) is 10.4 Å². The second kappa shape index (κ2) is 9.59. The maximum atomic E-state index is 12.6. The quantitative estimate of drug-likeness (QED) is 0.636. The summed E-state index contributed by atoms with van der Waals surface area (Å²) in [6.45, 7) is 4.97. The van der Waals surface area contributed by atoms with Crippen LogP contribution in [-0.4, -0.2) is 45.2 Å². The van der Waals surface area contributed by atoms with E-state index in [4.69, 9.17) is 0 Å². The van der Waals surface area contributed by atoms with E-state index in [0.29, 0.717) is 5.69 Å². The molecule has 0 radical (unpaired) electrons. The smallest absolute Gasteiger partial charge is 0.267 e. The summed E-state index contributed by atoms with van der Waals surface area (Å²) in [7, 11) is 0. The maximum absolute atomic E-state index is 12.6. The van der Waals surface area contributed by atoms with Gasteiger partial charge in [-0.25, -0.2) is 4.68 Å². The van der Waals surface area contributed by atoms with Gasteiger partial charge in [0, 0.05) is 47.8 Å². The Morgan fingerprint density at radius 1 is 1.13 bits per heavy atom. The number of rotatable bonds is 6. The molecule has 0 bridgehead atoms. The van der Waals surface area contributed by atoms with Gasteiger partial charge in [0.2, 0.25) is 5.91 Å². The summed E-state index contributed by atoms with van der Waals surface area (Å²) in [6, 6.07) is 15.1. The summed E-state index contributed by atoms with van der Waals surface area (Å²) >= 11 is 3.60. The Kier molecular flexibility index (Phi) is 6.66. The van der Waals surface area contributed by atoms with E-state index < -0.39 is 0 Å². The van der Waals surface area contributed by atoms with E-state index in [9.17, 15) is 9.59 Å². The molecular formula is C22H24N4O2S2. The number of nitrogens with zero attached hydrogens (tertiary/aromatic N) is 3. The fraction of sp³-hybridized carbons (Fsp3) is 0.318. The van der Waals surface area contributed by atoms with Gasteiger partial charge in [-0.3, -0.25) is 14.5 Å². The molecule has 30 heavy (non-hydrogen) atoms. The van der Waals surface area contributed by atoms with Crippen LogP contribution in [0.5, 0.6) is 0 Å². The number of benzene rings is 1. The first kappa shape index (κ1) is 20.8. The standard InChI is InChI=1S/C22H24N4O2S2/c1-16-5-7-20(30-16)19-6-8-22(28)26(24-19)15-21(27)23-18-4-2-3-17(13-18)14-25-9-11-29-12-10-25/h2-8,13H,9-12,14-15H2,1H3,(H,23,27). The van der Waals surface area contributed by atoms with E-state index in [2.05, 4.69) is 21.4 Å². The molecule has 1 amide bonds. The third-order valence-corrected chi connectivity index (χ3v) is 6.84. The first-order chi connectivity index (χ1) is 14.6. The lowest BCUT2D eigenvalue weighted by Crippen LogP contribution is -2.32. The fourth-order valence-corrected chi connectivity index (χ4v) is 5.18. The van der Waals surface area contributed by atoms with Crippen molar-refractivity contribution in [2.75, 3.05) is 29.9 Å². The van der Waals surface area contributed by atoms with Crippen molar-refractivity contribution >= 4 is 34.7 Å². The molecule has 0 unspecified atom stereocenters. The van der Waals surface area contributed by atoms with Crippen molar-refractivity contribution in [2.24, 2.45) is 0 Å². The predicted octanol–water partition coefficient (Wildman–Crippen LogP) is 3.47. The Morgan fingerprint density at radius 3 is 2.73 bits per heavy atom. The van der Waals surface area contributed by atoms with Gasteiger partial charge in [-0.15, -0.1) is 11.3 Å². The molecule has 1 aromatic carbocycles. The van der Waals surface area contributed by atoms with Crippen LogP contribution >= 0.6 is 23.1 Å². The first-order valence-corrected chi connectivity index (χ1v) is 11.9. The summed E-state index contributed by atoms with van der Waals surface area (Å²) in [5.74, 6) is 2.07. The van der Waals surface area contributed by atoms with Gasteiger partial charge in [0.15, 0.2) is 0 Å². The molecule has 4 rings (SSSR count). The largest absolute Gasteiger partial charge is 0.324 e. The molecule has 0 atom stereocenters. The van der Waals surface area contributed by atoms with E-state index >= 15 is 0 Å². The van der Waals surface area contributed by atoms with E-state index in [1.165, 1.54) is 32.7 Å². The summed E-state index contributed by atoms with van der Waals surface area (Å²) < 4.78 is 1.22. The monoisotopic (exact) mass is 440 g/mol. The predicted molar refractivity (Wildman–Crippen MR) is 124 cm³/mol. The van der Waals surface area contributed by atoms with Crippen molar-refractivity contribution in [3.8, 4) is 10.6 Å². The molecule has 2 aromatic heterocycles. The van der Waals surface area contributed by atoms with E-state index in [1.807, 2.05) is 49.0 Å². The molecular weight excluding hydrogens is 416 g/mol. The number of aryl methyl sites for hydroxylation is 1. The molecule has 3 heterocycles. The molecule has 0 spiro atoms. The molecule has 1 aliphatic rings. The molecule has 1 fully saturated rings. The van der Waals surface area contributed by atoms with Crippen molar-refractivity contribution in [2.45, 2.75) is 20.0 Å². The number of nitrogens with one attached hydrogen (secondary N) is 1. The van der Waals surface area contributed by atoms with Gasteiger partial charge < -0.3 is 5.32 Å². The Hall–Kier alpha value is -2.42. The number of carbonyl (C=O) groups is 1. The summed E-state index contributed by atoms with van der Waals surface area (Å²) in [5, 5.41) is 7.28. The molecule has 3 aromatic rings. The number of amides is 1. The minimum atomic E-state index is -0.293. The lowest BCUT2D eigenvalue weighted by Gasteiger charge is -2.26. The van der Waals surface area contributed by atoms with Crippen LogP contribution in [0.2, 0.25) is 0 Å². The second-order valence-electron chi connectivity index (χ2n) is 7.26. The number of carbonyl (C=O) groups excluding carboxylic acids is 1. The Morgan fingerprint density at radius 2 is 1.97 bits per heavy atom. The minimum Gasteiger partial charge on any atom is -0.324 e. The number of hydrogen-bond donors (Lipinski definition) is 1. The Balaban J connectivity index is 1.42. The van der Waals surface area contributed by atoms with Crippen LogP contribution in [0.25, 0.3) is 10.6 Å². The zero-order valence-electron chi connectivity index (χ0n) is 16.8. The Bertz CT molecular complexity index is 1090. The normalized spacial score (nSPS) is 14.6. The minimum absolute atomic E-state index is 0.120. The van der Waals surface area contributed by atoms with Crippen LogP contribution in [0.4, 0.5) is 5.69 Å². The number of thioether (sulfide) groups is 1. The molecule has 0 saturated carbocycles. The molecule has 1 aliphatic heterocycles. The van der Waals surface area contributed by atoms with Gasteiger partial charge in [0.25, 0.3) is 5.56 Å². The van der Waals surface area contributed by atoms with Gasteiger partial charge >= 0.3 is 0 Å². The SMILES string of the molecule is Cc1ccc(-c2ccc(=O)n(CC(=O)Nc3cccc(CN4CCSCC4)c3)n2)s1. The van der Waals surface area contributed by atoms with Gasteiger partial charge in [-0.2, -0.15) is 16.9 Å². The molecule has 1 N–H and O–H groups in total. The molecule has 156 valence electrons. The van der Waals surface area contributed by atoms with Crippen LogP contribution < -0.4 is 10.9 Å². The van der Waals surface area contributed by atoms with Crippen molar-refractivity contribution in [1.29, 1.82) is 0 Å². The average Bonchev–Trinajstić information content (AvgIpc) is 3.17. The van der Waals surface area contributed by atoms with E-state index in [-0.39, 0.29) is 18.0 Å². The maximum Gasteiger partial charge on any atom is 0.267 e. The topological polar surface area (TPSA) is 67.2 Å². The zero-order chi connectivity index (χ0) is 20.9. The van der Waals surface area contributed by atoms with Crippen molar-refractivity contribution in [1.82, 2.24) is 14.7 Å². The van der Waals surface area contributed by atoms with Crippen molar-refractivity contribution < 1.29 is 4.79 Å². The highest BCUT2D eigenvalue weighted by atomic mass is 32.2. The number of aromatic nitrogens is 2. The highest BCUT2D eigenvalue weighted by Gasteiger charge is 2.12. The zero-order valence-corrected chi connectivity index (χ0v) is 18.5. The summed E-state index contributed by atoms with van der Waals surface area (Å²) in [6.07, 6.45) is 0. The summed E-state index contributed by atoms with van der Waals surface area (Å²) in [4.78, 5) is 29.3. The lowest BCUT2D eigenvalue weighted by atomic mass is 10.2. The van der Waals surface area contributed by atoms with Gasteiger partial charge in [-0.1, -0.05) is 12.1 Å². The molecule has 8 heteroatoms. The van der Waals surface area contributed by atoms with Crippen molar-refractivity contribution in [3.05, 3.63) is 69.3 Å². The highest BCUT2D eigenvalue weighted by Crippen LogP contribution is 2.25. The number of thiophene rings is 1. The second-order valence-corrected chi connectivity index (χ2v) is 9.77. The van der Waals surface area contributed by atoms with Crippen LogP contribution in [-0.2, 0) is 17.9 Å². The van der Waals surface area contributed by atoms with E-state index in [1.54, 1.807) is 17.4 Å².